The fourth-order valence-electron chi connectivity index (χ4n) is 1.65. The van der Waals surface area contributed by atoms with Crippen molar-refractivity contribution in [2.24, 2.45) is 0 Å². The number of carbonyl (C=O) groups is 2. The van der Waals surface area contributed by atoms with E-state index in [-0.39, 0.29) is 0 Å². The zero-order valence-electron chi connectivity index (χ0n) is 10.1. The highest BCUT2D eigenvalue weighted by Gasteiger charge is 2.60. The monoisotopic (exact) mass is 268 g/mol. The van der Waals surface area contributed by atoms with Crippen LogP contribution in [-0.2, 0) is 23.8 Å². The van der Waals surface area contributed by atoms with Crippen LogP contribution in [0.3, 0.4) is 0 Å². The predicted molar refractivity (Wildman–Crippen MR) is 52.6 cm³/mol. The first-order valence-corrected chi connectivity index (χ1v) is 5.22. The summed E-state index contributed by atoms with van der Waals surface area (Å²) in [7, 11) is 0. The van der Waals surface area contributed by atoms with Crippen molar-refractivity contribution >= 4 is 11.9 Å². The van der Waals surface area contributed by atoms with Crippen molar-refractivity contribution in [1.29, 1.82) is 0 Å². The molecule has 1 rings (SSSR count). The van der Waals surface area contributed by atoms with Crippen molar-refractivity contribution in [3.8, 4) is 0 Å². The summed E-state index contributed by atoms with van der Waals surface area (Å²) in [5.74, 6) is -5.66. The van der Waals surface area contributed by atoms with Crippen LogP contribution in [0.5, 0.6) is 0 Å². The minimum Gasteiger partial charge on any atom is -0.456 e. The summed E-state index contributed by atoms with van der Waals surface area (Å²) in [5, 5.41) is 9.14. The number of carbonyl (C=O) groups excluding carboxylic acids is 2. The lowest BCUT2D eigenvalue weighted by Gasteiger charge is -2.42. The number of hydrogen-bond acceptors (Lipinski definition) is 6. The Balaban J connectivity index is 3.02. The van der Waals surface area contributed by atoms with Crippen molar-refractivity contribution in [3.63, 3.8) is 0 Å². The summed E-state index contributed by atoms with van der Waals surface area (Å²) in [5.41, 5.74) is 0. The first kappa shape index (κ1) is 14.8. The largest absolute Gasteiger partial charge is 0.456 e. The van der Waals surface area contributed by atoms with Gasteiger partial charge in [-0.15, -0.1) is 0 Å². The van der Waals surface area contributed by atoms with Crippen LogP contribution in [0.25, 0.3) is 0 Å². The van der Waals surface area contributed by atoms with Crippen LogP contribution in [0.4, 0.5) is 8.78 Å². The maximum atomic E-state index is 13.7. The molecule has 18 heavy (non-hydrogen) atoms. The Labute approximate surface area is 102 Å². The Morgan fingerprint density at radius 3 is 2.17 bits per heavy atom. The van der Waals surface area contributed by atoms with Crippen LogP contribution >= 0.6 is 0 Å². The molecule has 0 aliphatic carbocycles. The zero-order chi connectivity index (χ0) is 14.1. The molecule has 0 spiro atoms. The SMILES string of the molecule is CC(=O)O[C@H]1[C@H](C)OC(O)C(F)(F)[C@@H]1OC(C)=O. The van der Waals surface area contributed by atoms with E-state index in [0.717, 1.165) is 13.8 Å². The molecule has 1 heterocycles. The van der Waals surface area contributed by atoms with Crippen molar-refractivity contribution in [1.82, 2.24) is 0 Å². The molecule has 6 nitrogen and oxygen atoms in total. The van der Waals surface area contributed by atoms with Gasteiger partial charge >= 0.3 is 17.9 Å². The highest BCUT2D eigenvalue weighted by Crippen LogP contribution is 2.36. The standard InChI is InChI=1S/C10H14F2O6/c1-4-7(17-5(2)13)8(18-6(3)14)10(11,12)9(15)16-4/h4,7-9,15H,1-3H3/t4-,7-,8+,9?/m0/s1. The van der Waals surface area contributed by atoms with E-state index in [1.807, 2.05) is 0 Å². The first-order chi connectivity index (χ1) is 8.16. The Kier molecular flexibility index (Phi) is 4.23. The molecule has 8 heteroatoms. The van der Waals surface area contributed by atoms with E-state index >= 15 is 0 Å². The van der Waals surface area contributed by atoms with Gasteiger partial charge in [0.15, 0.2) is 6.10 Å². The maximum absolute atomic E-state index is 13.7. The molecular formula is C10H14F2O6. The molecule has 4 atom stereocenters. The number of halogens is 2. The number of ether oxygens (including phenoxy) is 3. The Bertz CT molecular complexity index is 345. The quantitative estimate of drug-likeness (QED) is 0.721. The van der Waals surface area contributed by atoms with Gasteiger partial charge in [-0.05, 0) is 6.92 Å². The molecule has 1 aliphatic rings. The van der Waals surface area contributed by atoms with E-state index in [1.165, 1.54) is 6.92 Å². The number of alkyl halides is 2. The van der Waals surface area contributed by atoms with Gasteiger partial charge in [0.2, 0.25) is 12.4 Å². The molecule has 0 saturated carbocycles. The normalized spacial score (nSPS) is 34.8. The van der Waals surface area contributed by atoms with Crippen LogP contribution in [0.2, 0.25) is 0 Å². The molecule has 1 unspecified atom stereocenters. The summed E-state index contributed by atoms with van der Waals surface area (Å²) < 4.78 is 41.0. The second-order valence-electron chi connectivity index (χ2n) is 3.97. The zero-order valence-corrected chi connectivity index (χ0v) is 10.1. The maximum Gasteiger partial charge on any atom is 0.337 e. The lowest BCUT2D eigenvalue weighted by atomic mass is 9.98. The van der Waals surface area contributed by atoms with Gasteiger partial charge in [0.1, 0.15) is 0 Å². The molecular weight excluding hydrogens is 254 g/mol. The average molecular weight is 268 g/mol. The lowest BCUT2D eigenvalue weighted by Crippen LogP contribution is -2.63. The molecule has 0 aromatic rings. The van der Waals surface area contributed by atoms with E-state index in [4.69, 9.17) is 5.11 Å². The van der Waals surface area contributed by atoms with Crippen molar-refractivity contribution in [3.05, 3.63) is 0 Å². The van der Waals surface area contributed by atoms with Gasteiger partial charge in [0.25, 0.3) is 0 Å². The minimum atomic E-state index is -3.86. The van der Waals surface area contributed by atoms with E-state index in [1.54, 1.807) is 0 Å². The van der Waals surface area contributed by atoms with Gasteiger partial charge in [-0.25, -0.2) is 0 Å². The molecule has 1 N–H and O–H groups in total. The summed E-state index contributed by atoms with van der Waals surface area (Å²) in [4.78, 5) is 21.7. The molecule has 0 radical (unpaired) electrons. The Morgan fingerprint density at radius 1 is 1.22 bits per heavy atom. The number of esters is 2. The second-order valence-corrected chi connectivity index (χ2v) is 3.97. The van der Waals surface area contributed by atoms with Crippen LogP contribution in [0, 0.1) is 0 Å². The summed E-state index contributed by atoms with van der Waals surface area (Å²) in [6, 6.07) is 0. The van der Waals surface area contributed by atoms with E-state index < -0.39 is 42.5 Å². The number of hydrogen-bond donors (Lipinski definition) is 1. The minimum absolute atomic E-state index is 0.820. The molecule has 0 bridgehead atoms. The molecule has 1 saturated heterocycles. The molecule has 1 fully saturated rings. The molecule has 0 aromatic heterocycles. The van der Waals surface area contributed by atoms with Gasteiger partial charge in [-0.2, -0.15) is 8.78 Å². The second kappa shape index (κ2) is 5.15. The van der Waals surface area contributed by atoms with Crippen molar-refractivity contribution < 1.29 is 37.7 Å². The van der Waals surface area contributed by atoms with Crippen LogP contribution < -0.4 is 0 Å². The molecule has 104 valence electrons. The number of aliphatic hydroxyl groups is 1. The summed E-state index contributed by atoms with van der Waals surface area (Å²) >= 11 is 0. The Hall–Kier alpha value is -1.28. The number of rotatable bonds is 2. The third-order valence-corrected chi connectivity index (χ3v) is 2.41. The van der Waals surface area contributed by atoms with E-state index in [0.29, 0.717) is 0 Å². The predicted octanol–water partition coefficient (Wildman–Crippen LogP) is 0.222. The Morgan fingerprint density at radius 2 is 1.72 bits per heavy atom. The summed E-state index contributed by atoms with van der Waals surface area (Å²) in [6.07, 6.45) is -7.03. The van der Waals surface area contributed by atoms with Gasteiger partial charge in [-0.3, -0.25) is 9.59 Å². The molecule has 0 aromatic carbocycles. The van der Waals surface area contributed by atoms with E-state index in [9.17, 15) is 18.4 Å². The first-order valence-electron chi connectivity index (χ1n) is 5.22. The third-order valence-electron chi connectivity index (χ3n) is 2.41. The van der Waals surface area contributed by atoms with E-state index in [2.05, 4.69) is 14.2 Å². The van der Waals surface area contributed by atoms with Gasteiger partial charge in [0.05, 0.1) is 6.10 Å². The topological polar surface area (TPSA) is 82.1 Å². The van der Waals surface area contributed by atoms with Crippen molar-refractivity contribution in [2.75, 3.05) is 0 Å². The van der Waals surface area contributed by atoms with Gasteiger partial charge in [-0.1, -0.05) is 0 Å². The number of aliphatic hydroxyl groups excluding tert-OH is 1. The van der Waals surface area contributed by atoms with Gasteiger partial charge in [0, 0.05) is 13.8 Å². The lowest BCUT2D eigenvalue weighted by molar-refractivity contribution is -0.342. The van der Waals surface area contributed by atoms with Crippen LogP contribution in [-0.4, -0.2) is 47.6 Å². The fourth-order valence-corrected chi connectivity index (χ4v) is 1.65. The van der Waals surface area contributed by atoms with Crippen LogP contribution in [0.15, 0.2) is 0 Å². The highest BCUT2D eigenvalue weighted by atomic mass is 19.3. The highest BCUT2D eigenvalue weighted by molar-refractivity contribution is 5.67. The third kappa shape index (κ3) is 2.94. The van der Waals surface area contributed by atoms with Crippen LogP contribution in [0.1, 0.15) is 20.8 Å². The van der Waals surface area contributed by atoms with Crippen molar-refractivity contribution in [2.45, 2.75) is 51.3 Å². The fraction of sp³-hybridized carbons (Fsp3) is 0.800. The molecule has 1 aliphatic heterocycles. The smallest absolute Gasteiger partial charge is 0.337 e. The van der Waals surface area contributed by atoms with Gasteiger partial charge < -0.3 is 19.3 Å². The summed E-state index contributed by atoms with van der Waals surface area (Å²) in [6.45, 7) is 3.29. The molecule has 0 amide bonds. The average Bonchev–Trinajstić information content (AvgIpc) is 2.20.